The lowest BCUT2D eigenvalue weighted by Crippen LogP contribution is -2.13. The number of aryl methyl sites for hydroxylation is 1. The Hall–Kier alpha value is -1.64. The zero-order valence-electron chi connectivity index (χ0n) is 12.6. The molecular formula is C15H17ClF3N3OS. The van der Waals surface area contributed by atoms with Crippen molar-refractivity contribution in [2.45, 2.75) is 25.4 Å². The SMILES string of the molecule is Cl.NCCc1nc(C(=O)Nc2cccc(CCC(F)(F)F)c2)cs1. The number of rotatable bonds is 6. The van der Waals surface area contributed by atoms with E-state index in [4.69, 9.17) is 5.73 Å². The number of nitrogens with two attached hydrogens (primary N) is 1. The summed E-state index contributed by atoms with van der Waals surface area (Å²) in [5.41, 5.74) is 6.67. The Bertz CT molecular complexity index is 676. The molecule has 0 aliphatic carbocycles. The highest BCUT2D eigenvalue weighted by atomic mass is 35.5. The Morgan fingerprint density at radius 1 is 1.29 bits per heavy atom. The van der Waals surface area contributed by atoms with Crippen LogP contribution in [0.5, 0.6) is 0 Å². The van der Waals surface area contributed by atoms with Gasteiger partial charge >= 0.3 is 6.18 Å². The third-order valence-electron chi connectivity index (χ3n) is 3.02. The van der Waals surface area contributed by atoms with Crippen molar-refractivity contribution in [1.82, 2.24) is 4.98 Å². The van der Waals surface area contributed by atoms with Crippen LogP contribution in [-0.2, 0) is 12.8 Å². The molecule has 1 heterocycles. The Morgan fingerprint density at radius 3 is 2.71 bits per heavy atom. The maximum atomic E-state index is 12.3. The van der Waals surface area contributed by atoms with Crippen molar-refractivity contribution in [3.05, 3.63) is 45.9 Å². The summed E-state index contributed by atoms with van der Waals surface area (Å²) in [6.07, 6.45) is -4.60. The van der Waals surface area contributed by atoms with Crippen LogP contribution in [0.1, 0.15) is 27.5 Å². The summed E-state index contributed by atoms with van der Waals surface area (Å²) in [5, 5.41) is 5.05. The molecule has 0 atom stereocenters. The minimum atomic E-state index is -4.20. The molecule has 3 N–H and O–H groups in total. The average Bonchev–Trinajstić information content (AvgIpc) is 2.94. The first kappa shape index (κ1) is 20.4. The number of carbonyl (C=O) groups is 1. The number of nitrogens with zero attached hydrogens (tertiary/aromatic N) is 1. The van der Waals surface area contributed by atoms with Crippen molar-refractivity contribution in [3.8, 4) is 0 Å². The fourth-order valence-corrected chi connectivity index (χ4v) is 2.73. The van der Waals surface area contributed by atoms with Crippen molar-refractivity contribution in [2.75, 3.05) is 11.9 Å². The van der Waals surface area contributed by atoms with Crippen molar-refractivity contribution < 1.29 is 18.0 Å². The zero-order valence-corrected chi connectivity index (χ0v) is 14.2. The molecular weight excluding hydrogens is 363 g/mol. The maximum absolute atomic E-state index is 12.3. The summed E-state index contributed by atoms with van der Waals surface area (Å²) >= 11 is 1.35. The maximum Gasteiger partial charge on any atom is 0.389 e. The van der Waals surface area contributed by atoms with Gasteiger partial charge < -0.3 is 11.1 Å². The van der Waals surface area contributed by atoms with Gasteiger partial charge in [0.05, 0.1) is 5.01 Å². The average molecular weight is 380 g/mol. The number of amides is 1. The van der Waals surface area contributed by atoms with Gasteiger partial charge in [-0.2, -0.15) is 13.2 Å². The number of nitrogens with one attached hydrogen (secondary N) is 1. The monoisotopic (exact) mass is 379 g/mol. The zero-order chi connectivity index (χ0) is 16.9. The minimum absolute atomic E-state index is 0. The van der Waals surface area contributed by atoms with Crippen LogP contribution in [0.25, 0.3) is 0 Å². The fraction of sp³-hybridized carbons (Fsp3) is 0.333. The van der Waals surface area contributed by atoms with E-state index in [0.717, 1.165) is 5.01 Å². The van der Waals surface area contributed by atoms with Crippen LogP contribution in [0, 0.1) is 0 Å². The summed E-state index contributed by atoms with van der Waals surface area (Å²) < 4.78 is 36.8. The Morgan fingerprint density at radius 2 is 2.04 bits per heavy atom. The second kappa shape index (κ2) is 9.00. The molecule has 0 bridgehead atoms. The molecule has 2 rings (SSSR count). The highest BCUT2D eigenvalue weighted by molar-refractivity contribution is 7.09. The summed E-state index contributed by atoms with van der Waals surface area (Å²) in [6, 6.07) is 6.38. The van der Waals surface area contributed by atoms with Gasteiger partial charge in [-0.3, -0.25) is 4.79 Å². The molecule has 1 aromatic carbocycles. The smallest absolute Gasteiger partial charge is 0.330 e. The number of aromatic nitrogens is 1. The lowest BCUT2D eigenvalue weighted by molar-refractivity contribution is -0.133. The second-order valence-corrected chi connectivity index (χ2v) is 5.88. The van der Waals surface area contributed by atoms with Crippen LogP contribution in [0.3, 0.4) is 0 Å². The van der Waals surface area contributed by atoms with Crippen LogP contribution >= 0.6 is 23.7 Å². The van der Waals surface area contributed by atoms with Crippen molar-refractivity contribution in [3.63, 3.8) is 0 Å². The van der Waals surface area contributed by atoms with Crippen LogP contribution in [0.2, 0.25) is 0 Å². The van der Waals surface area contributed by atoms with Crippen molar-refractivity contribution in [1.29, 1.82) is 0 Å². The number of thiazole rings is 1. The van der Waals surface area contributed by atoms with E-state index in [1.165, 1.54) is 17.4 Å². The fourth-order valence-electron chi connectivity index (χ4n) is 1.94. The van der Waals surface area contributed by atoms with E-state index in [1.807, 2.05) is 0 Å². The van der Waals surface area contributed by atoms with E-state index in [9.17, 15) is 18.0 Å². The van der Waals surface area contributed by atoms with E-state index < -0.39 is 18.5 Å². The number of benzene rings is 1. The summed E-state index contributed by atoms with van der Waals surface area (Å²) in [6.45, 7) is 0.454. The second-order valence-electron chi connectivity index (χ2n) is 4.93. The van der Waals surface area contributed by atoms with Crippen molar-refractivity contribution in [2.24, 2.45) is 5.73 Å². The number of hydrogen-bond donors (Lipinski definition) is 2. The van der Waals surface area contributed by atoms with Crippen LogP contribution in [0.15, 0.2) is 29.6 Å². The van der Waals surface area contributed by atoms with E-state index >= 15 is 0 Å². The lowest BCUT2D eigenvalue weighted by atomic mass is 10.1. The van der Waals surface area contributed by atoms with Crippen LogP contribution in [-0.4, -0.2) is 23.6 Å². The van der Waals surface area contributed by atoms with Gasteiger partial charge in [0.25, 0.3) is 5.91 Å². The molecule has 2 aromatic rings. The number of alkyl halides is 3. The van der Waals surface area contributed by atoms with Gasteiger partial charge in [-0.25, -0.2) is 4.98 Å². The molecule has 0 aliphatic heterocycles. The molecule has 4 nitrogen and oxygen atoms in total. The van der Waals surface area contributed by atoms with Gasteiger partial charge in [0.1, 0.15) is 5.69 Å². The van der Waals surface area contributed by atoms with Gasteiger partial charge in [0.2, 0.25) is 0 Å². The Labute approximate surface area is 147 Å². The Kier molecular flexibility index (Phi) is 7.65. The predicted octanol–water partition coefficient (Wildman–Crippen LogP) is 3.81. The number of anilines is 1. The molecule has 24 heavy (non-hydrogen) atoms. The van der Waals surface area contributed by atoms with Gasteiger partial charge in [-0.1, -0.05) is 12.1 Å². The standard InChI is InChI=1S/C15H16F3N3OS.ClH/c16-15(17,18)6-4-10-2-1-3-11(8-10)20-14(22)12-9-23-13(21-12)5-7-19;/h1-3,8-9H,4-7,19H2,(H,20,22);1H. The molecule has 1 amide bonds. The molecule has 0 saturated carbocycles. The first-order valence-corrected chi connectivity index (χ1v) is 7.87. The molecule has 0 fully saturated rings. The predicted molar refractivity (Wildman–Crippen MR) is 90.9 cm³/mol. The molecule has 0 radical (unpaired) electrons. The topological polar surface area (TPSA) is 68.0 Å². The highest BCUT2D eigenvalue weighted by Crippen LogP contribution is 2.23. The highest BCUT2D eigenvalue weighted by Gasteiger charge is 2.26. The van der Waals surface area contributed by atoms with Gasteiger partial charge in [0.15, 0.2) is 0 Å². The molecule has 0 saturated heterocycles. The molecule has 1 aromatic heterocycles. The van der Waals surface area contributed by atoms with Crippen molar-refractivity contribution >= 4 is 35.3 Å². The van der Waals surface area contributed by atoms with Crippen LogP contribution < -0.4 is 11.1 Å². The molecule has 0 aliphatic rings. The molecule has 0 spiro atoms. The third kappa shape index (κ3) is 6.46. The first-order valence-electron chi connectivity index (χ1n) is 6.99. The van der Waals surface area contributed by atoms with E-state index in [2.05, 4.69) is 10.3 Å². The van der Waals surface area contributed by atoms with E-state index in [-0.39, 0.29) is 24.5 Å². The molecule has 132 valence electrons. The van der Waals surface area contributed by atoms with Gasteiger partial charge in [-0.15, -0.1) is 23.7 Å². The summed E-state index contributed by atoms with van der Waals surface area (Å²) in [7, 11) is 0. The number of halogens is 4. The quantitative estimate of drug-likeness (QED) is 0.801. The molecule has 0 unspecified atom stereocenters. The summed E-state index contributed by atoms with van der Waals surface area (Å²) in [4.78, 5) is 16.2. The van der Waals surface area contributed by atoms with E-state index in [0.29, 0.717) is 24.2 Å². The molecule has 9 heteroatoms. The lowest BCUT2D eigenvalue weighted by Gasteiger charge is -2.08. The van der Waals surface area contributed by atoms with Gasteiger partial charge in [-0.05, 0) is 30.7 Å². The van der Waals surface area contributed by atoms with Crippen LogP contribution in [0.4, 0.5) is 18.9 Å². The normalized spacial score (nSPS) is 11.0. The minimum Gasteiger partial charge on any atom is -0.330 e. The largest absolute Gasteiger partial charge is 0.389 e. The van der Waals surface area contributed by atoms with E-state index in [1.54, 1.807) is 23.6 Å². The first-order chi connectivity index (χ1) is 10.9. The summed E-state index contributed by atoms with van der Waals surface area (Å²) in [5.74, 6) is -0.391. The number of hydrogen-bond acceptors (Lipinski definition) is 4. The van der Waals surface area contributed by atoms with Gasteiger partial charge in [0, 0.05) is 23.9 Å². The third-order valence-corrected chi connectivity index (χ3v) is 3.93. The Balaban J connectivity index is 0.00000288. The number of carbonyl (C=O) groups excluding carboxylic acids is 1.